The number of benzene rings is 1. The van der Waals surface area contributed by atoms with Crippen LogP contribution in [0.1, 0.15) is 28.7 Å². The van der Waals surface area contributed by atoms with Crippen molar-refractivity contribution in [2.45, 2.75) is 26.4 Å². The minimum Gasteiger partial charge on any atom is -0.347 e. The summed E-state index contributed by atoms with van der Waals surface area (Å²) in [4.78, 5) is 30.8. The smallest absolute Gasteiger partial charge is 0.251 e. The molecule has 3 N–H and O–H groups in total. The van der Waals surface area contributed by atoms with Crippen molar-refractivity contribution < 1.29 is 9.59 Å². The number of rotatable bonds is 5. The summed E-state index contributed by atoms with van der Waals surface area (Å²) in [5, 5.41) is 5.38. The highest BCUT2D eigenvalue weighted by Gasteiger charge is 2.16. The van der Waals surface area contributed by atoms with Crippen molar-refractivity contribution in [3.8, 4) is 0 Å². The summed E-state index contributed by atoms with van der Waals surface area (Å²) in [5.74, 6) is 0.146. The van der Waals surface area contributed by atoms with Gasteiger partial charge in [-0.2, -0.15) is 0 Å². The van der Waals surface area contributed by atoms with Gasteiger partial charge in [-0.05, 0) is 26.0 Å². The molecule has 0 fully saturated rings. The predicted molar refractivity (Wildman–Crippen MR) is 78.5 cm³/mol. The van der Waals surface area contributed by atoms with Gasteiger partial charge in [0.1, 0.15) is 11.9 Å². The number of carbonyl (C=O) groups excluding carboxylic acids is 2. The van der Waals surface area contributed by atoms with Crippen LogP contribution < -0.4 is 10.6 Å². The molecular formula is C15H18N4O2. The molecule has 6 heteroatoms. The number of hydrogen-bond acceptors (Lipinski definition) is 3. The molecule has 0 bridgehead atoms. The van der Waals surface area contributed by atoms with Crippen LogP contribution in [0, 0.1) is 6.92 Å². The first kappa shape index (κ1) is 14.8. The fraction of sp³-hybridized carbons (Fsp3) is 0.267. The number of carbonyl (C=O) groups is 2. The lowest BCUT2D eigenvalue weighted by molar-refractivity contribution is -0.122. The molecule has 1 unspecified atom stereocenters. The van der Waals surface area contributed by atoms with Gasteiger partial charge in [0.15, 0.2) is 0 Å². The van der Waals surface area contributed by atoms with E-state index in [2.05, 4.69) is 20.6 Å². The molecular weight excluding hydrogens is 268 g/mol. The molecule has 0 spiro atoms. The molecule has 110 valence electrons. The third kappa shape index (κ3) is 4.17. The van der Waals surface area contributed by atoms with Crippen molar-refractivity contribution in [1.29, 1.82) is 0 Å². The van der Waals surface area contributed by atoms with Crippen LogP contribution in [-0.4, -0.2) is 27.8 Å². The minimum absolute atomic E-state index is 0.257. The maximum atomic E-state index is 12.0. The van der Waals surface area contributed by atoms with Gasteiger partial charge >= 0.3 is 0 Å². The monoisotopic (exact) mass is 286 g/mol. The molecule has 0 saturated carbocycles. The molecule has 1 aromatic carbocycles. The molecule has 0 radical (unpaired) electrons. The predicted octanol–water partition coefficient (Wildman–Crippen LogP) is 1.15. The summed E-state index contributed by atoms with van der Waals surface area (Å²) >= 11 is 0. The van der Waals surface area contributed by atoms with E-state index in [0.717, 1.165) is 5.56 Å². The number of aromatic nitrogens is 2. The van der Waals surface area contributed by atoms with Crippen LogP contribution in [0.15, 0.2) is 36.7 Å². The van der Waals surface area contributed by atoms with Crippen molar-refractivity contribution >= 4 is 11.8 Å². The molecule has 21 heavy (non-hydrogen) atoms. The van der Waals surface area contributed by atoms with Crippen LogP contribution in [0.5, 0.6) is 0 Å². The molecule has 2 amide bonds. The Morgan fingerprint density at radius 1 is 1.38 bits per heavy atom. The van der Waals surface area contributed by atoms with Gasteiger partial charge in [0.2, 0.25) is 5.91 Å². The average Bonchev–Trinajstić information content (AvgIpc) is 2.97. The zero-order valence-corrected chi connectivity index (χ0v) is 12.0. The molecule has 0 saturated heterocycles. The van der Waals surface area contributed by atoms with Crippen molar-refractivity contribution in [2.24, 2.45) is 0 Å². The fourth-order valence-electron chi connectivity index (χ4n) is 1.85. The zero-order chi connectivity index (χ0) is 15.2. The van der Waals surface area contributed by atoms with Crippen LogP contribution in [0.4, 0.5) is 0 Å². The second-order valence-corrected chi connectivity index (χ2v) is 4.82. The zero-order valence-electron chi connectivity index (χ0n) is 12.0. The van der Waals surface area contributed by atoms with E-state index in [1.165, 1.54) is 0 Å². The molecule has 6 nitrogen and oxygen atoms in total. The quantitative estimate of drug-likeness (QED) is 0.770. The summed E-state index contributed by atoms with van der Waals surface area (Å²) < 4.78 is 0. The largest absolute Gasteiger partial charge is 0.347 e. The Bertz CT molecular complexity index is 622. The number of H-pyrrole nitrogens is 1. The SMILES string of the molecule is Cc1cccc(C(=O)NC(C)C(=O)NCc2ncc[nH]2)c1. The van der Waals surface area contributed by atoms with Crippen molar-refractivity contribution in [3.63, 3.8) is 0 Å². The average molecular weight is 286 g/mol. The van der Waals surface area contributed by atoms with Gasteiger partial charge < -0.3 is 15.6 Å². The summed E-state index contributed by atoms with van der Waals surface area (Å²) in [6.45, 7) is 3.86. The van der Waals surface area contributed by atoms with E-state index in [1.54, 1.807) is 31.5 Å². The molecule has 0 aliphatic rings. The standard InChI is InChI=1S/C15H18N4O2/c1-10-4-3-5-12(8-10)15(21)19-11(2)14(20)18-9-13-16-6-7-17-13/h3-8,11H,9H2,1-2H3,(H,16,17)(H,18,20)(H,19,21). The van der Waals surface area contributed by atoms with Gasteiger partial charge in [-0.3, -0.25) is 9.59 Å². The van der Waals surface area contributed by atoms with Gasteiger partial charge in [-0.15, -0.1) is 0 Å². The first-order chi connectivity index (χ1) is 10.1. The summed E-state index contributed by atoms with van der Waals surface area (Å²) in [6.07, 6.45) is 3.30. The van der Waals surface area contributed by atoms with Crippen LogP contribution in [0.2, 0.25) is 0 Å². The van der Waals surface area contributed by atoms with Crippen LogP contribution in [0.25, 0.3) is 0 Å². The first-order valence-electron chi connectivity index (χ1n) is 6.70. The first-order valence-corrected chi connectivity index (χ1v) is 6.70. The highest BCUT2D eigenvalue weighted by Crippen LogP contribution is 2.04. The number of aromatic amines is 1. The third-order valence-corrected chi connectivity index (χ3v) is 3.01. The van der Waals surface area contributed by atoms with Gasteiger partial charge in [0.05, 0.1) is 6.54 Å². The lowest BCUT2D eigenvalue weighted by atomic mass is 10.1. The van der Waals surface area contributed by atoms with E-state index in [1.807, 2.05) is 19.1 Å². The molecule has 0 aliphatic carbocycles. The Labute approximate surface area is 123 Å². The molecule has 0 aliphatic heterocycles. The highest BCUT2D eigenvalue weighted by molar-refractivity contribution is 5.97. The second-order valence-electron chi connectivity index (χ2n) is 4.82. The number of aryl methyl sites for hydroxylation is 1. The van der Waals surface area contributed by atoms with E-state index in [4.69, 9.17) is 0 Å². The number of hydrogen-bond donors (Lipinski definition) is 3. The highest BCUT2D eigenvalue weighted by atomic mass is 16.2. The molecule has 2 aromatic rings. The van der Waals surface area contributed by atoms with Gasteiger partial charge in [-0.1, -0.05) is 17.7 Å². The Morgan fingerprint density at radius 3 is 2.86 bits per heavy atom. The van der Waals surface area contributed by atoms with E-state index in [9.17, 15) is 9.59 Å². The summed E-state index contributed by atoms with van der Waals surface area (Å²) in [6, 6.07) is 6.61. The van der Waals surface area contributed by atoms with Gasteiger partial charge in [0, 0.05) is 18.0 Å². The fourth-order valence-corrected chi connectivity index (χ4v) is 1.85. The van der Waals surface area contributed by atoms with Crippen LogP contribution in [-0.2, 0) is 11.3 Å². The maximum absolute atomic E-state index is 12.0. The molecule has 2 rings (SSSR count). The third-order valence-electron chi connectivity index (χ3n) is 3.01. The maximum Gasteiger partial charge on any atom is 0.251 e. The van der Waals surface area contributed by atoms with Crippen molar-refractivity contribution in [3.05, 3.63) is 53.6 Å². The topological polar surface area (TPSA) is 86.9 Å². The lowest BCUT2D eigenvalue weighted by Crippen LogP contribution is -2.44. The number of imidazole rings is 1. The number of amides is 2. The molecule has 1 heterocycles. The Morgan fingerprint density at radius 2 is 2.19 bits per heavy atom. The lowest BCUT2D eigenvalue weighted by Gasteiger charge is -2.13. The number of nitrogens with zero attached hydrogens (tertiary/aromatic N) is 1. The molecule has 1 aromatic heterocycles. The van der Waals surface area contributed by atoms with Gasteiger partial charge in [0.25, 0.3) is 5.91 Å². The summed E-state index contributed by atoms with van der Waals surface area (Å²) in [7, 11) is 0. The van der Waals surface area contributed by atoms with Crippen molar-refractivity contribution in [1.82, 2.24) is 20.6 Å². The van der Waals surface area contributed by atoms with E-state index in [-0.39, 0.29) is 11.8 Å². The van der Waals surface area contributed by atoms with E-state index >= 15 is 0 Å². The van der Waals surface area contributed by atoms with Crippen LogP contribution in [0.3, 0.4) is 0 Å². The normalized spacial score (nSPS) is 11.7. The minimum atomic E-state index is -0.618. The summed E-state index contributed by atoms with van der Waals surface area (Å²) in [5.41, 5.74) is 1.54. The Kier molecular flexibility index (Phi) is 4.71. The Hall–Kier alpha value is -2.63. The second kappa shape index (κ2) is 6.69. The van der Waals surface area contributed by atoms with Crippen LogP contribution >= 0.6 is 0 Å². The Balaban J connectivity index is 1.86. The molecule has 1 atom stereocenters. The number of nitrogens with one attached hydrogen (secondary N) is 3. The van der Waals surface area contributed by atoms with Crippen molar-refractivity contribution in [2.75, 3.05) is 0 Å². The van der Waals surface area contributed by atoms with Gasteiger partial charge in [-0.25, -0.2) is 4.98 Å². The van der Waals surface area contributed by atoms with E-state index in [0.29, 0.717) is 17.9 Å². The van der Waals surface area contributed by atoms with E-state index < -0.39 is 6.04 Å².